The Balaban J connectivity index is 2.08. The van der Waals surface area contributed by atoms with Gasteiger partial charge in [0.25, 0.3) is 0 Å². The number of carbonyl (C=O) groups excluding carboxylic acids is 1. The molecule has 1 amide bonds. The standard InChI is InChI=1S/C8H15N5O/c1-7(8(9)14)6-10-2-4-13-5-3-11-12-13/h3,5,7,10H,2,4,6H2,1H3,(H2,9,14). The average Bonchev–Trinajstić information content (AvgIpc) is 2.64. The molecule has 1 rings (SSSR count). The van der Waals surface area contributed by atoms with Crippen molar-refractivity contribution in [3.8, 4) is 0 Å². The Hall–Kier alpha value is -1.43. The van der Waals surface area contributed by atoms with Crippen LogP contribution in [0.4, 0.5) is 0 Å². The number of hydrogen-bond acceptors (Lipinski definition) is 4. The fourth-order valence-corrected chi connectivity index (χ4v) is 0.965. The van der Waals surface area contributed by atoms with Gasteiger partial charge in [-0.15, -0.1) is 5.10 Å². The summed E-state index contributed by atoms with van der Waals surface area (Å²) in [4.78, 5) is 10.7. The molecule has 14 heavy (non-hydrogen) atoms. The van der Waals surface area contributed by atoms with Crippen LogP contribution < -0.4 is 11.1 Å². The first-order chi connectivity index (χ1) is 6.70. The van der Waals surface area contributed by atoms with Crippen LogP contribution in [0.2, 0.25) is 0 Å². The Morgan fingerprint density at radius 3 is 3.07 bits per heavy atom. The van der Waals surface area contributed by atoms with Gasteiger partial charge in [-0.3, -0.25) is 9.48 Å². The van der Waals surface area contributed by atoms with Crippen LogP contribution in [-0.4, -0.2) is 34.0 Å². The molecule has 0 aromatic carbocycles. The van der Waals surface area contributed by atoms with E-state index >= 15 is 0 Å². The van der Waals surface area contributed by atoms with E-state index in [1.165, 1.54) is 0 Å². The van der Waals surface area contributed by atoms with Crippen LogP contribution in [0.3, 0.4) is 0 Å². The summed E-state index contributed by atoms with van der Waals surface area (Å²) in [5, 5.41) is 10.6. The maximum Gasteiger partial charge on any atom is 0.221 e. The maximum absolute atomic E-state index is 10.7. The van der Waals surface area contributed by atoms with Crippen LogP contribution >= 0.6 is 0 Å². The second-order valence-electron chi connectivity index (χ2n) is 3.17. The molecule has 1 heterocycles. The smallest absolute Gasteiger partial charge is 0.221 e. The van der Waals surface area contributed by atoms with E-state index in [9.17, 15) is 4.79 Å². The summed E-state index contributed by atoms with van der Waals surface area (Å²) in [6.07, 6.45) is 3.42. The van der Waals surface area contributed by atoms with Gasteiger partial charge in [0, 0.05) is 25.2 Å². The highest BCUT2D eigenvalue weighted by atomic mass is 16.1. The molecule has 1 atom stereocenters. The van der Waals surface area contributed by atoms with Crippen molar-refractivity contribution in [2.75, 3.05) is 13.1 Å². The third kappa shape index (κ3) is 3.53. The van der Waals surface area contributed by atoms with Crippen molar-refractivity contribution in [2.24, 2.45) is 11.7 Å². The maximum atomic E-state index is 10.7. The van der Waals surface area contributed by atoms with Crippen LogP contribution in [0.15, 0.2) is 12.4 Å². The summed E-state index contributed by atoms with van der Waals surface area (Å²) in [7, 11) is 0. The summed E-state index contributed by atoms with van der Waals surface area (Å²) in [6, 6.07) is 0. The highest BCUT2D eigenvalue weighted by Gasteiger charge is 2.06. The van der Waals surface area contributed by atoms with Crippen LogP contribution in [0, 0.1) is 5.92 Å². The van der Waals surface area contributed by atoms with Crippen molar-refractivity contribution in [1.82, 2.24) is 20.3 Å². The lowest BCUT2D eigenvalue weighted by Crippen LogP contribution is -2.32. The molecular weight excluding hydrogens is 182 g/mol. The molecule has 1 unspecified atom stereocenters. The molecule has 0 bridgehead atoms. The minimum absolute atomic E-state index is 0.134. The zero-order chi connectivity index (χ0) is 10.4. The van der Waals surface area contributed by atoms with Crippen LogP contribution in [0.5, 0.6) is 0 Å². The summed E-state index contributed by atoms with van der Waals surface area (Å²) in [5.74, 6) is -0.413. The first kappa shape index (κ1) is 10.6. The largest absolute Gasteiger partial charge is 0.369 e. The Morgan fingerprint density at radius 1 is 1.71 bits per heavy atom. The highest BCUT2D eigenvalue weighted by Crippen LogP contribution is 1.89. The molecule has 0 aliphatic heterocycles. The van der Waals surface area contributed by atoms with Gasteiger partial charge in [0.05, 0.1) is 12.7 Å². The van der Waals surface area contributed by atoms with Gasteiger partial charge >= 0.3 is 0 Å². The normalized spacial score (nSPS) is 12.6. The monoisotopic (exact) mass is 197 g/mol. The quantitative estimate of drug-likeness (QED) is 0.572. The lowest BCUT2D eigenvalue weighted by Gasteiger charge is -2.08. The van der Waals surface area contributed by atoms with Gasteiger partial charge in [-0.1, -0.05) is 12.1 Å². The molecule has 0 saturated heterocycles. The third-order valence-electron chi connectivity index (χ3n) is 1.93. The van der Waals surface area contributed by atoms with Gasteiger partial charge in [0.1, 0.15) is 0 Å². The lowest BCUT2D eigenvalue weighted by molar-refractivity contribution is -0.121. The number of nitrogens with zero attached hydrogens (tertiary/aromatic N) is 3. The molecule has 1 aromatic rings. The molecule has 6 heteroatoms. The number of nitrogens with one attached hydrogen (secondary N) is 1. The van der Waals surface area contributed by atoms with Crippen molar-refractivity contribution in [2.45, 2.75) is 13.5 Å². The van der Waals surface area contributed by atoms with Gasteiger partial charge in [-0.2, -0.15) is 0 Å². The molecule has 0 aliphatic rings. The van der Waals surface area contributed by atoms with Crippen molar-refractivity contribution < 1.29 is 4.79 Å². The summed E-state index contributed by atoms with van der Waals surface area (Å²) in [6.45, 7) is 3.89. The first-order valence-electron chi connectivity index (χ1n) is 4.54. The molecule has 0 saturated carbocycles. The van der Waals surface area contributed by atoms with Crippen molar-refractivity contribution >= 4 is 5.91 Å². The number of amides is 1. The van der Waals surface area contributed by atoms with Crippen molar-refractivity contribution in [3.63, 3.8) is 0 Å². The molecule has 78 valence electrons. The number of carbonyl (C=O) groups is 1. The fraction of sp³-hybridized carbons (Fsp3) is 0.625. The van der Waals surface area contributed by atoms with Gasteiger partial charge in [-0.05, 0) is 0 Å². The third-order valence-corrected chi connectivity index (χ3v) is 1.93. The fourth-order valence-electron chi connectivity index (χ4n) is 0.965. The molecule has 0 aliphatic carbocycles. The first-order valence-corrected chi connectivity index (χ1v) is 4.54. The molecule has 0 fully saturated rings. The summed E-state index contributed by atoms with van der Waals surface area (Å²) >= 11 is 0. The molecule has 0 radical (unpaired) electrons. The van der Waals surface area contributed by atoms with Crippen LogP contribution in [-0.2, 0) is 11.3 Å². The van der Waals surface area contributed by atoms with E-state index in [4.69, 9.17) is 5.73 Å². The summed E-state index contributed by atoms with van der Waals surface area (Å²) < 4.78 is 1.72. The van der Waals surface area contributed by atoms with Gasteiger partial charge in [-0.25, -0.2) is 0 Å². The zero-order valence-electron chi connectivity index (χ0n) is 8.18. The van der Waals surface area contributed by atoms with E-state index in [1.54, 1.807) is 24.0 Å². The van der Waals surface area contributed by atoms with Gasteiger partial charge < -0.3 is 11.1 Å². The Morgan fingerprint density at radius 2 is 2.50 bits per heavy atom. The van der Waals surface area contributed by atoms with Crippen molar-refractivity contribution in [1.29, 1.82) is 0 Å². The number of nitrogens with two attached hydrogens (primary N) is 1. The number of aromatic nitrogens is 3. The minimum atomic E-state index is -0.279. The SMILES string of the molecule is CC(CNCCn1ccnn1)C(N)=O. The number of hydrogen-bond donors (Lipinski definition) is 2. The minimum Gasteiger partial charge on any atom is -0.369 e. The number of rotatable bonds is 6. The van der Waals surface area contributed by atoms with E-state index < -0.39 is 0 Å². The van der Waals surface area contributed by atoms with Gasteiger partial charge in [0.15, 0.2) is 0 Å². The zero-order valence-corrected chi connectivity index (χ0v) is 8.18. The molecule has 0 spiro atoms. The second kappa shape index (κ2) is 5.33. The average molecular weight is 197 g/mol. The number of primary amides is 1. The van der Waals surface area contributed by atoms with E-state index in [0.717, 1.165) is 13.1 Å². The van der Waals surface area contributed by atoms with E-state index in [-0.39, 0.29) is 11.8 Å². The molecule has 3 N–H and O–H groups in total. The van der Waals surface area contributed by atoms with Crippen LogP contribution in [0.25, 0.3) is 0 Å². The van der Waals surface area contributed by atoms with E-state index in [1.807, 2.05) is 0 Å². The summed E-state index contributed by atoms with van der Waals surface area (Å²) in [5.41, 5.74) is 5.11. The van der Waals surface area contributed by atoms with Gasteiger partial charge in [0.2, 0.25) is 5.91 Å². The predicted octanol–water partition coefficient (Wildman–Crippen LogP) is -1.01. The lowest BCUT2D eigenvalue weighted by atomic mass is 10.2. The van der Waals surface area contributed by atoms with Crippen molar-refractivity contribution in [3.05, 3.63) is 12.4 Å². The molecular formula is C8H15N5O. The van der Waals surface area contributed by atoms with E-state index in [0.29, 0.717) is 6.54 Å². The Bertz CT molecular complexity index is 271. The molecule has 1 aromatic heterocycles. The van der Waals surface area contributed by atoms with Crippen LogP contribution in [0.1, 0.15) is 6.92 Å². The second-order valence-corrected chi connectivity index (χ2v) is 3.17. The van der Waals surface area contributed by atoms with E-state index in [2.05, 4.69) is 15.6 Å². The molecule has 6 nitrogen and oxygen atoms in total. The highest BCUT2D eigenvalue weighted by molar-refractivity contribution is 5.76. The topological polar surface area (TPSA) is 85.8 Å². The predicted molar refractivity (Wildman–Crippen MR) is 51.3 cm³/mol. The Labute approximate surface area is 82.5 Å². The Kier molecular flexibility index (Phi) is 4.06.